The molecule has 1 rings (SSSR count). The van der Waals surface area contributed by atoms with Crippen molar-refractivity contribution in [2.75, 3.05) is 5.75 Å². The molecule has 0 bridgehead atoms. The third kappa shape index (κ3) is 4.44. The van der Waals surface area contributed by atoms with Crippen molar-refractivity contribution >= 4 is 9.84 Å². The van der Waals surface area contributed by atoms with Gasteiger partial charge in [-0.05, 0) is 29.7 Å². The maximum atomic E-state index is 13.0. The number of sulfone groups is 1. The molecule has 1 aromatic rings. The van der Waals surface area contributed by atoms with E-state index in [0.29, 0.717) is 17.5 Å². The molecule has 2 N–H and O–H groups in total. The summed E-state index contributed by atoms with van der Waals surface area (Å²) in [4.78, 5) is 0. The van der Waals surface area contributed by atoms with E-state index in [2.05, 4.69) is 0 Å². The highest BCUT2D eigenvalue weighted by Gasteiger charge is 2.14. The summed E-state index contributed by atoms with van der Waals surface area (Å²) in [6.45, 7) is 2.09. The molecule has 0 aliphatic heterocycles. The third-order valence-corrected chi connectivity index (χ3v) is 4.23. The average Bonchev–Trinajstić information content (AvgIpc) is 2.28. The minimum Gasteiger partial charge on any atom is -0.326 e. The van der Waals surface area contributed by atoms with Crippen molar-refractivity contribution in [1.29, 1.82) is 0 Å². The quantitative estimate of drug-likeness (QED) is 0.850. The van der Waals surface area contributed by atoms with E-state index in [-0.39, 0.29) is 23.9 Å². The molecule has 0 aliphatic carbocycles. The van der Waals surface area contributed by atoms with Gasteiger partial charge >= 0.3 is 0 Å². The summed E-state index contributed by atoms with van der Waals surface area (Å²) in [6, 6.07) is 4.07. The molecule has 0 amide bonds. The van der Waals surface area contributed by atoms with Crippen LogP contribution < -0.4 is 5.73 Å². The van der Waals surface area contributed by atoms with Gasteiger partial charge in [-0.1, -0.05) is 19.4 Å². The Bertz CT molecular complexity index is 471. The Hall–Kier alpha value is -0.940. The molecule has 0 atom stereocenters. The molecule has 1 aromatic carbocycles. The minimum atomic E-state index is -3.12. The zero-order valence-electron chi connectivity index (χ0n) is 9.95. The van der Waals surface area contributed by atoms with Gasteiger partial charge in [-0.25, -0.2) is 12.8 Å². The zero-order chi connectivity index (χ0) is 12.9. The van der Waals surface area contributed by atoms with E-state index in [1.807, 2.05) is 6.92 Å². The molecule has 0 radical (unpaired) electrons. The van der Waals surface area contributed by atoms with Gasteiger partial charge in [-0.2, -0.15) is 0 Å². The summed E-state index contributed by atoms with van der Waals surface area (Å²) >= 11 is 0. The molecule has 17 heavy (non-hydrogen) atoms. The van der Waals surface area contributed by atoms with E-state index in [1.54, 1.807) is 0 Å². The first-order valence-electron chi connectivity index (χ1n) is 5.66. The van der Waals surface area contributed by atoms with Crippen molar-refractivity contribution < 1.29 is 12.8 Å². The number of benzene rings is 1. The topological polar surface area (TPSA) is 60.2 Å². The van der Waals surface area contributed by atoms with Crippen molar-refractivity contribution in [3.63, 3.8) is 0 Å². The average molecular weight is 259 g/mol. The molecule has 5 heteroatoms. The number of nitrogens with two attached hydrogens (primary N) is 1. The molecule has 0 fully saturated rings. The molecular weight excluding hydrogens is 241 g/mol. The van der Waals surface area contributed by atoms with Gasteiger partial charge in [-0.3, -0.25) is 0 Å². The SMILES string of the molecule is CCCCS(=O)(=O)Cc1ccc(F)cc1CN. The van der Waals surface area contributed by atoms with E-state index in [0.717, 1.165) is 6.42 Å². The molecular formula is C12H18FNO2S. The van der Waals surface area contributed by atoms with E-state index < -0.39 is 9.84 Å². The summed E-state index contributed by atoms with van der Waals surface area (Å²) in [6.07, 6.45) is 1.49. The van der Waals surface area contributed by atoms with Crippen LogP contribution in [-0.4, -0.2) is 14.2 Å². The molecule has 3 nitrogen and oxygen atoms in total. The summed E-state index contributed by atoms with van der Waals surface area (Å²) in [5, 5.41) is 0. The van der Waals surface area contributed by atoms with Crippen LogP contribution in [0.4, 0.5) is 4.39 Å². The fourth-order valence-electron chi connectivity index (χ4n) is 1.60. The van der Waals surface area contributed by atoms with Gasteiger partial charge in [-0.15, -0.1) is 0 Å². The van der Waals surface area contributed by atoms with Crippen LogP contribution in [0.5, 0.6) is 0 Å². The Morgan fingerprint density at radius 3 is 2.59 bits per heavy atom. The first-order chi connectivity index (χ1) is 7.98. The summed E-state index contributed by atoms with van der Waals surface area (Å²) in [5.74, 6) is -0.273. The van der Waals surface area contributed by atoms with Crippen LogP contribution in [0.25, 0.3) is 0 Å². The minimum absolute atomic E-state index is 0.0557. The van der Waals surface area contributed by atoms with Gasteiger partial charge in [0.15, 0.2) is 9.84 Å². The van der Waals surface area contributed by atoms with E-state index in [1.165, 1.54) is 18.2 Å². The van der Waals surface area contributed by atoms with Gasteiger partial charge in [0.1, 0.15) is 5.82 Å². The summed E-state index contributed by atoms with van der Waals surface area (Å²) in [5.41, 5.74) is 6.64. The van der Waals surface area contributed by atoms with Crippen LogP contribution in [0.15, 0.2) is 18.2 Å². The smallest absolute Gasteiger partial charge is 0.154 e. The fourth-order valence-corrected chi connectivity index (χ4v) is 3.23. The highest BCUT2D eigenvalue weighted by Crippen LogP contribution is 2.15. The largest absolute Gasteiger partial charge is 0.326 e. The molecule has 0 aliphatic rings. The lowest BCUT2D eigenvalue weighted by molar-refractivity contribution is 0.591. The van der Waals surface area contributed by atoms with Crippen LogP contribution in [0, 0.1) is 5.82 Å². The van der Waals surface area contributed by atoms with E-state index in [9.17, 15) is 12.8 Å². The van der Waals surface area contributed by atoms with Crippen LogP contribution in [0.1, 0.15) is 30.9 Å². The van der Waals surface area contributed by atoms with Gasteiger partial charge in [0.25, 0.3) is 0 Å². The van der Waals surface area contributed by atoms with Crippen LogP contribution in [0.2, 0.25) is 0 Å². The zero-order valence-corrected chi connectivity index (χ0v) is 10.8. The van der Waals surface area contributed by atoms with Crippen molar-refractivity contribution in [2.45, 2.75) is 32.1 Å². The first-order valence-corrected chi connectivity index (χ1v) is 7.48. The van der Waals surface area contributed by atoms with Crippen LogP contribution in [0.3, 0.4) is 0 Å². The molecule has 96 valence electrons. The Balaban J connectivity index is 2.87. The van der Waals surface area contributed by atoms with Crippen molar-refractivity contribution in [1.82, 2.24) is 0 Å². The predicted octanol–water partition coefficient (Wildman–Crippen LogP) is 2.00. The van der Waals surface area contributed by atoms with Gasteiger partial charge in [0, 0.05) is 6.54 Å². The number of unbranched alkanes of at least 4 members (excludes halogenated alkanes) is 1. The Morgan fingerprint density at radius 1 is 1.29 bits per heavy atom. The Morgan fingerprint density at radius 2 is 2.00 bits per heavy atom. The number of hydrogen-bond donors (Lipinski definition) is 1. The van der Waals surface area contributed by atoms with Gasteiger partial charge in [0.2, 0.25) is 0 Å². The summed E-state index contributed by atoms with van der Waals surface area (Å²) < 4.78 is 36.5. The lowest BCUT2D eigenvalue weighted by Crippen LogP contribution is -2.12. The lowest BCUT2D eigenvalue weighted by Gasteiger charge is -2.08. The van der Waals surface area contributed by atoms with Crippen molar-refractivity contribution in [3.8, 4) is 0 Å². The van der Waals surface area contributed by atoms with Crippen LogP contribution >= 0.6 is 0 Å². The number of halogens is 1. The van der Waals surface area contributed by atoms with Crippen molar-refractivity contribution in [2.24, 2.45) is 5.73 Å². The second-order valence-electron chi connectivity index (χ2n) is 4.06. The Kier molecular flexibility index (Phi) is 5.08. The van der Waals surface area contributed by atoms with Crippen molar-refractivity contribution in [3.05, 3.63) is 35.1 Å². The highest BCUT2D eigenvalue weighted by atomic mass is 32.2. The third-order valence-electron chi connectivity index (χ3n) is 2.57. The second kappa shape index (κ2) is 6.12. The summed E-state index contributed by atoms with van der Waals surface area (Å²) in [7, 11) is -3.12. The van der Waals surface area contributed by atoms with Gasteiger partial charge < -0.3 is 5.73 Å². The normalized spacial score (nSPS) is 11.7. The molecule has 0 spiro atoms. The highest BCUT2D eigenvalue weighted by molar-refractivity contribution is 7.90. The monoisotopic (exact) mass is 259 g/mol. The van der Waals surface area contributed by atoms with Gasteiger partial charge in [0.05, 0.1) is 11.5 Å². The molecule has 0 aromatic heterocycles. The van der Waals surface area contributed by atoms with E-state index >= 15 is 0 Å². The first kappa shape index (κ1) is 14.1. The number of rotatable bonds is 6. The maximum absolute atomic E-state index is 13.0. The van der Waals surface area contributed by atoms with E-state index in [4.69, 9.17) is 5.73 Å². The lowest BCUT2D eigenvalue weighted by atomic mass is 10.1. The predicted molar refractivity (Wildman–Crippen MR) is 66.7 cm³/mol. The van der Waals surface area contributed by atoms with Crippen LogP contribution in [-0.2, 0) is 22.1 Å². The molecule has 0 saturated carbocycles. The fraction of sp³-hybridized carbons (Fsp3) is 0.500. The molecule has 0 unspecified atom stereocenters. The maximum Gasteiger partial charge on any atom is 0.154 e. The number of hydrogen-bond acceptors (Lipinski definition) is 3. The molecule has 0 saturated heterocycles. The standard InChI is InChI=1S/C12H18FNO2S/c1-2-3-6-17(15,16)9-10-4-5-12(13)7-11(10)8-14/h4-5,7H,2-3,6,8-9,14H2,1H3. The second-order valence-corrected chi connectivity index (χ2v) is 6.25. The Labute approximate surface area is 102 Å². The molecule has 0 heterocycles.